The van der Waals surface area contributed by atoms with Crippen LogP contribution < -0.4 is 5.56 Å². The van der Waals surface area contributed by atoms with Gasteiger partial charge >= 0.3 is 6.03 Å². The average Bonchev–Trinajstić information content (AvgIpc) is 2.92. The number of aromatic nitrogens is 1. The minimum absolute atomic E-state index is 0.0309. The lowest BCUT2D eigenvalue weighted by atomic mass is 9.70. The maximum atomic E-state index is 13.7. The molecule has 2 amide bonds. The fourth-order valence-corrected chi connectivity index (χ4v) is 5.51. The van der Waals surface area contributed by atoms with Crippen molar-refractivity contribution in [2.75, 3.05) is 32.8 Å². The molecule has 0 radical (unpaired) electrons. The molecule has 0 bridgehead atoms. The van der Waals surface area contributed by atoms with Gasteiger partial charge in [0.25, 0.3) is 5.56 Å². The predicted octanol–water partition coefficient (Wildman–Crippen LogP) is 4.17. The Morgan fingerprint density at radius 2 is 1.70 bits per heavy atom. The molecular formula is C30H35N3O4. The van der Waals surface area contributed by atoms with E-state index in [-0.39, 0.29) is 24.2 Å². The molecule has 194 valence electrons. The van der Waals surface area contributed by atoms with Crippen LogP contribution in [0.3, 0.4) is 0 Å². The zero-order chi connectivity index (χ0) is 26.0. The van der Waals surface area contributed by atoms with Crippen LogP contribution in [-0.4, -0.2) is 64.0 Å². The van der Waals surface area contributed by atoms with E-state index in [1.807, 2.05) is 90.4 Å². The number of likely N-dealkylation sites (tertiary alicyclic amines) is 1. The quantitative estimate of drug-likeness (QED) is 0.582. The number of hydrogen-bond acceptors (Lipinski definition) is 4. The Kier molecular flexibility index (Phi) is 6.92. The molecule has 5 rings (SSSR count). The Morgan fingerprint density at radius 1 is 1.00 bits per heavy atom. The van der Waals surface area contributed by atoms with Crippen LogP contribution in [0.15, 0.2) is 83.8 Å². The molecule has 1 aromatic heterocycles. The van der Waals surface area contributed by atoms with Gasteiger partial charge in [0.1, 0.15) is 0 Å². The first-order chi connectivity index (χ1) is 17.8. The number of carbonyl (C=O) groups excluding carboxylic acids is 1. The molecule has 2 atom stereocenters. The van der Waals surface area contributed by atoms with Crippen molar-refractivity contribution in [3.8, 4) is 11.1 Å². The molecule has 2 aromatic carbocycles. The Morgan fingerprint density at radius 3 is 2.38 bits per heavy atom. The third kappa shape index (κ3) is 5.06. The molecular weight excluding hydrogens is 466 g/mol. The Balaban J connectivity index is 1.31. The van der Waals surface area contributed by atoms with E-state index in [1.54, 1.807) is 16.8 Å². The fraction of sp³-hybridized carbons (Fsp3) is 0.400. The minimum Gasteiger partial charge on any atom is -0.387 e. The van der Waals surface area contributed by atoms with Gasteiger partial charge in [0.2, 0.25) is 0 Å². The lowest BCUT2D eigenvalue weighted by Crippen LogP contribution is -2.62. The van der Waals surface area contributed by atoms with E-state index in [9.17, 15) is 14.7 Å². The summed E-state index contributed by atoms with van der Waals surface area (Å²) >= 11 is 0. The van der Waals surface area contributed by atoms with Gasteiger partial charge in [-0.1, -0.05) is 74.5 Å². The maximum Gasteiger partial charge on any atom is 0.320 e. The molecule has 37 heavy (non-hydrogen) atoms. The topological polar surface area (TPSA) is 75.0 Å². The number of piperidine rings is 1. The van der Waals surface area contributed by atoms with Gasteiger partial charge in [-0.3, -0.25) is 4.79 Å². The smallest absolute Gasteiger partial charge is 0.320 e. The third-order valence-electron chi connectivity index (χ3n) is 8.01. The standard InChI is InChI=1S/C30H35N3O4/c1-29(2)21-32(28(35)33-17-18-37-20-26(33)24-11-7-4-8-12-24)16-14-30(29,36)22-31-15-13-25(19-27(31)34)23-9-5-3-6-10-23/h3-13,15,19,26,36H,14,16-18,20-22H2,1-2H3. The van der Waals surface area contributed by atoms with Crippen molar-refractivity contribution in [2.45, 2.75) is 38.5 Å². The van der Waals surface area contributed by atoms with E-state index in [4.69, 9.17) is 4.74 Å². The summed E-state index contributed by atoms with van der Waals surface area (Å²) in [4.78, 5) is 30.4. The van der Waals surface area contributed by atoms with Gasteiger partial charge in [-0.2, -0.15) is 0 Å². The van der Waals surface area contributed by atoms with E-state index >= 15 is 0 Å². The molecule has 0 spiro atoms. The number of pyridine rings is 1. The van der Waals surface area contributed by atoms with Gasteiger partial charge in [0.15, 0.2) is 0 Å². The predicted molar refractivity (Wildman–Crippen MR) is 143 cm³/mol. The van der Waals surface area contributed by atoms with Crippen molar-refractivity contribution < 1.29 is 14.6 Å². The number of benzene rings is 2. The van der Waals surface area contributed by atoms with Crippen LogP contribution in [0.5, 0.6) is 0 Å². The zero-order valence-electron chi connectivity index (χ0n) is 21.5. The number of hydrogen-bond donors (Lipinski definition) is 1. The molecule has 3 heterocycles. The van der Waals surface area contributed by atoms with Crippen molar-refractivity contribution in [3.63, 3.8) is 0 Å². The Hall–Kier alpha value is -3.42. The van der Waals surface area contributed by atoms with Crippen LogP contribution in [-0.2, 0) is 11.3 Å². The first kappa shape index (κ1) is 25.2. The molecule has 2 aliphatic heterocycles. The summed E-state index contributed by atoms with van der Waals surface area (Å²) in [5.74, 6) is 0. The van der Waals surface area contributed by atoms with Crippen LogP contribution in [0.2, 0.25) is 0 Å². The molecule has 2 saturated heterocycles. The van der Waals surface area contributed by atoms with Gasteiger partial charge in [-0.05, 0) is 29.2 Å². The normalized spacial score (nSPS) is 23.6. The monoisotopic (exact) mass is 501 g/mol. The molecule has 1 N–H and O–H groups in total. The highest BCUT2D eigenvalue weighted by Gasteiger charge is 2.49. The molecule has 3 aromatic rings. The second-order valence-corrected chi connectivity index (χ2v) is 10.8. The highest BCUT2D eigenvalue weighted by molar-refractivity contribution is 5.75. The zero-order valence-corrected chi connectivity index (χ0v) is 21.5. The maximum absolute atomic E-state index is 13.7. The number of amides is 2. The van der Waals surface area contributed by atoms with Crippen LogP contribution in [0.25, 0.3) is 11.1 Å². The van der Waals surface area contributed by atoms with E-state index in [0.29, 0.717) is 39.3 Å². The number of aliphatic hydroxyl groups is 1. The van der Waals surface area contributed by atoms with Crippen molar-refractivity contribution in [3.05, 3.63) is 94.9 Å². The third-order valence-corrected chi connectivity index (χ3v) is 8.01. The average molecular weight is 502 g/mol. The van der Waals surface area contributed by atoms with Crippen molar-refractivity contribution in [1.29, 1.82) is 0 Å². The number of rotatable bonds is 4. The second-order valence-electron chi connectivity index (χ2n) is 10.8. The summed E-state index contributed by atoms with van der Waals surface area (Å²) in [5.41, 5.74) is 0.991. The van der Waals surface area contributed by atoms with Crippen LogP contribution in [0.4, 0.5) is 4.79 Å². The summed E-state index contributed by atoms with van der Waals surface area (Å²) in [5, 5.41) is 11.8. The van der Waals surface area contributed by atoms with E-state index in [2.05, 4.69) is 0 Å². The second kappa shape index (κ2) is 10.1. The van der Waals surface area contributed by atoms with Gasteiger partial charge in [-0.25, -0.2) is 4.79 Å². The van der Waals surface area contributed by atoms with Gasteiger partial charge in [0.05, 0.1) is 31.4 Å². The largest absolute Gasteiger partial charge is 0.387 e. The summed E-state index contributed by atoms with van der Waals surface area (Å²) in [6.07, 6.45) is 2.15. The summed E-state index contributed by atoms with van der Waals surface area (Å²) in [7, 11) is 0. The van der Waals surface area contributed by atoms with Crippen LogP contribution in [0.1, 0.15) is 31.9 Å². The first-order valence-electron chi connectivity index (χ1n) is 12.9. The summed E-state index contributed by atoms with van der Waals surface area (Å²) in [6.45, 7) is 6.47. The van der Waals surface area contributed by atoms with Crippen molar-refractivity contribution in [2.24, 2.45) is 5.41 Å². The molecule has 2 fully saturated rings. The van der Waals surface area contributed by atoms with Crippen molar-refractivity contribution >= 4 is 6.03 Å². The molecule has 7 heteroatoms. The van der Waals surface area contributed by atoms with Crippen LogP contribution >= 0.6 is 0 Å². The van der Waals surface area contributed by atoms with E-state index in [1.165, 1.54) is 0 Å². The number of morpholine rings is 1. The number of ether oxygens (including phenoxy) is 1. The SMILES string of the molecule is CC1(C)CN(C(=O)N2CCOCC2c2ccccc2)CCC1(O)Cn1ccc(-c2ccccc2)cc1=O. The summed E-state index contributed by atoms with van der Waals surface area (Å²) in [6, 6.07) is 23.1. The number of urea groups is 1. The molecule has 0 saturated carbocycles. The van der Waals surface area contributed by atoms with E-state index < -0.39 is 11.0 Å². The minimum atomic E-state index is -1.13. The van der Waals surface area contributed by atoms with Crippen molar-refractivity contribution in [1.82, 2.24) is 14.4 Å². The number of nitrogens with zero attached hydrogens (tertiary/aromatic N) is 3. The Bertz CT molecular complexity index is 1290. The Labute approximate surface area is 217 Å². The summed E-state index contributed by atoms with van der Waals surface area (Å²) < 4.78 is 7.29. The number of carbonyl (C=O) groups is 1. The molecule has 2 unspecified atom stereocenters. The first-order valence-corrected chi connectivity index (χ1v) is 12.9. The highest BCUT2D eigenvalue weighted by atomic mass is 16.5. The molecule has 2 aliphatic rings. The molecule has 0 aliphatic carbocycles. The van der Waals surface area contributed by atoms with Gasteiger partial charge < -0.3 is 24.2 Å². The van der Waals surface area contributed by atoms with E-state index in [0.717, 1.165) is 16.7 Å². The van der Waals surface area contributed by atoms with Crippen LogP contribution in [0, 0.1) is 5.41 Å². The fourth-order valence-electron chi connectivity index (χ4n) is 5.51. The lowest BCUT2D eigenvalue weighted by molar-refractivity contribution is -0.123. The highest BCUT2D eigenvalue weighted by Crippen LogP contribution is 2.40. The van der Waals surface area contributed by atoms with Gasteiger partial charge in [0, 0.05) is 37.3 Å². The molecule has 7 nitrogen and oxygen atoms in total. The lowest BCUT2D eigenvalue weighted by Gasteiger charge is -2.51. The van der Waals surface area contributed by atoms with Gasteiger partial charge in [-0.15, -0.1) is 0 Å².